The summed E-state index contributed by atoms with van der Waals surface area (Å²) < 4.78 is 20.3. The minimum Gasteiger partial charge on any atom is -0.445 e. The Morgan fingerprint density at radius 3 is 2.48 bits per heavy atom. The lowest BCUT2D eigenvalue weighted by Crippen LogP contribution is -2.55. The number of piperazine rings is 1. The predicted octanol–water partition coefficient (Wildman–Crippen LogP) is 3.69. The summed E-state index contributed by atoms with van der Waals surface area (Å²) in [7, 11) is 0. The highest BCUT2D eigenvalue weighted by Crippen LogP contribution is 2.28. The molecule has 2 fully saturated rings. The number of amides is 3. The zero-order chi connectivity index (χ0) is 30.6. The molecule has 0 saturated carbocycles. The van der Waals surface area contributed by atoms with Gasteiger partial charge in [-0.2, -0.15) is 5.06 Å². The molecule has 2 aromatic carbocycles. The monoisotopic (exact) mass is 601 g/mol. The number of benzene rings is 2. The summed E-state index contributed by atoms with van der Waals surface area (Å²) in [4.78, 5) is 66.6. The zero-order valence-electron chi connectivity index (χ0n) is 24.1. The van der Waals surface area contributed by atoms with Crippen molar-refractivity contribution in [2.24, 2.45) is 0 Å². The number of ether oxygens (including phenoxy) is 1. The van der Waals surface area contributed by atoms with Crippen LogP contribution >= 0.6 is 0 Å². The highest BCUT2D eigenvalue weighted by molar-refractivity contribution is 6.02. The Kier molecular flexibility index (Phi) is 8.40. The molecule has 1 unspecified atom stereocenters. The van der Waals surface area contributed by atoms with Gasteiger partial charge in [0.2, 0.25) is 5.91 Å². The molecule has 12 heteroatoms. The number of aromatic nitrogens is 1. The second-order valence-corrected chi connectivity index (χ2v) is 10.9. The molecular weight excluding hydrogens is 569 g/mol. The van der Waals surface area contributed by atoms with Crippen molar-refractivity contribution in [2.45, 2.75) is 31.9 Å². The number of nitrogens with zero attached hydrogens (tertiary/aromatic N) is 5. The number of Topliss-reactive ketones (excluding diaryl/α,β-unsaturated/α-hetero) is 1. The highest BCUT2D eigenvalue weighted by atomic mass is 19.1. The molecule has 228 valence electrons. The van der Waals surface area contributed by atoms with Crippen LogP contribution in [0.5, 0.6) is 5.75 Å². The number of anilines is 1. The molecule has 0 bridgehead atoms. The first-order chi connectivity index (χ1) is 21.4. The van der Waals surface area contributed by atoms with Crippen molar-refractivity contribution in [1.29, 1.82) is 0 Å². The summed E-state index contributed by atoms with van der Waals surface area (Å²) in [6.45, 7) is 1.78. The third-order valence-electron chi connectivity index (χ3n) is 8.11. The summed E-state index contributed by atoms with van der Waals surface area (Å²) in [6.07, 6.45) is 2.51. The van der Waals surface area contributed by atoms with E-state index in [0.29, 0.717) is 30.8 Å². The first kappa shape index (κ1) is 29.1. The standard InChI is InChI=1S/C32H32FN5O6/c33-26-11-10-23(44-38-15-12-28(39)24-8-4-13-34-29(24)38)20-25(26)30(40)35-16-18-36(19-17-35)31(41)27-9-5-14-37(27)32(42)43-21-22-6-2-1-3-7-22/h1-4,6-8,10-11,13,20,27H,5,9,12,14-19,21H2. The number of rotatable bonds is 6. The van der Waals surface area contributed by atoms with Gasteiger partial charge < -0.3 is 19.4 Å². The van der Waals surface area contributed by atoms with E-state index in [2.05, 4.69) is 4.98 Å². The van der Waals surface area contributed by atoms with Crippen LogP contribution in [0.1, 0.15) is 45.5 Å². The summed E-state index contributed by atoms with van der Waals surface area (Å²) in [5.74, 6) is -0.823. The van der Waals surface area contributed by atoms with E-state index in [1.807, 2.05) is 30.3 Å². The van der Waals surface area contributed by atoms with Crippen LogP contribution in [0.25, 0.3) is 0 Å². The number of carbonyl (C=O) groups is 4. The zero-order valence-corrected chi connectivity index (χ0v) is 24.1. The molecule has 2 saturated heterocycles. The minimum absolute atomic E-state index is 0.0378. The first-order valence-corrected chi connectivity index (χ1v) is 14.7. The molecule has 0 radical (unpaired) electrons. The van der Waals surface area contributed by atoms with Crippen molar-refractivity contribution >= 4 is 29.5 Å². The topological polar surface area (TPSA) is 113 Å². The normalized spacial score (nSPS) is 18.2. The van der Waals surface area contributed by atoms with E-state index in [1.165, 1.54) is 33.1 Å². The van der Waals surface area contributed by atoms with Crippen LogP contribution in [-0.2, 0) is 16.1 Å². The van der Waals surface area contributed by atoms with Crippen LogP contribution in [0.4, 0.5) is 15.0 Å². The Bertz CT molecular complexity index is 1560. The van der Waals surface area contributed by atoms with E-state index in [1.54, 1.807) is 23.2 Å². The van der Waals surface area contributed by atoms with Crippen LogP contribution in [0, 0.1) is 5.82 Å². The van der Waals surface area contributed by atoms with Crippen molar-refractivity contribution in [3.05, 3.63) is 89.4 Å². The number of hydrogen-bond donors (Lipinski definition) is 0. The van der Waals surface area contributed by atoms with Gasteiger partial charge in [0.25, 0.3) is 5.91 Å². The Morgan fingerprint density at radius 2 is 1.68 bits per heavy atom. The van der Waals surface area contributed by atoms with E-state index in [9.17, 15) is 23.6 Å². The maximum absolute atomic E-state index is 14.9. The molecule has 3 amide bonds. The highest BCUT2D eigenvalue weighted by Gasteiger charge is 2.39. The van der Waals surface area contributed by atoms with Gasteiger partial charge in [0.15, 0.2) is 17.4 Å². The van der Waals surface area contributed by atoms with Gasteiger partial charge in [0, 0.05) is 45.3 Å². The maximum Gasteiger partial charge on any atom is 0.410 e. The molecule has 1 atom stereocenters. The SMILES string of the molecule is O=C1CCN(Oc2ccc(F)c(C(=O)N3CCN(C(=O)C4CCCN4C(=O)OCc4ccccc4)CC3)c2)c2ncccc21. The average Bonchev–Trinajstić information content (AvgIpc) is 3.56. The molecule has 3 aliphatic heterocycles. The minimum atomic E-state index is -0.691. The van der Waals surface area contributed by atoms with Gasteiger partial charge >= 0.3 is 6.09 Å². The van der Waals surface area contributed by atoms with Gasteiger partial charge in [-0.05, 0) is 48.7 Å². The van der Waals surface area contributed by atoms with Crippen molar-refractivity contribution in [3.63, 3.8) is 0 Å². The number of likely N-dealkylation sites (tertiary alicyclic amines) is 1. The van der Waals surface area contributed by atoms with Crippen LogP contribution in [0.15, 0.2) is 66.9 Å². The Hall–Kier alpha value is -5.00. The van der Waals surface area contributed by atoms with Gasteiger partial charge in [-0.25, -0.2) is 14.2 Å². The first-order valence-electron chi connectivity index (χ1n) is 14.7. The summed E-state index contributed by atoms with van der Waals surface area (Å²) in [6, 6.07) is 16.0. The van der Waals surface area contributed by atoms with Crippen molar-refractivity contribution in [2.75, 3.05) is 44.3 Å². The van der Waals surface area contributed by atoms with E-state index in [0.717, 1.165) is 5.56 Å². The quantitative estimate of drug-likeness (QED) is 0.421. The van der Waals surface area contributed by atoms with Crippen LogP contribution in [0.2, 0.25) is 0 Å². The summed E-state index contributed by atoms with van der Waals surface area (Å²) in [5, 5.41) is 1.46. The molecule has 1 aromatic heterocycles. The van der Waals surface area contributed by atoms with Gasteiger partial charge in [-0.1, -0.05) is 30.3 Å². The third kappa shape index (κ3) is 6.05. The van der Waals surface area contributed by atoms with E-state index < -0.39 is 23.9 Å². The molecule has 11 nitrogen and oxygen atoms in total. The Morgan fingerprint density at radius 1 is 0.909 bits per heavy atom. The molecule has 0 aliphatic carbocycles. The lowest BCUT2D eigenvalue weighted by Gasteiger charge is -2.37. The number of pyridine rings is 1. The molecule has 0 spiro atoms. The second kappa shape index (κ2) is 12.7. The van der Waals surface area contributed by atoms with Gasteiger partial charge in [-0.3, -0.25) is 19.3 Å². The number of carbonyl (C=O) groups excluding carboxylic acids is 4. The molecule has 4 heterocycles. The van der Waals surface area contributed by atoms with E-state index in [-0.39, 0.29) is 68.8 Å². The lowest BCUT2D eigenvalue weighted by molar-refractivity contribution is -0.137. The van der Waals surface area contributed by atoms with Crippen LogP contribution < -0.4 is 9.90 Å². The largest absolute Gasteiger partial charge is 0.445 e. The summed E-state index contributed by atoms with van der Waals surface area (Å²) >= 11 is 0. The fourth-order valence-electron chi connectivity index (χ4n) is 5.75. The van der Waals surface area contributed by atoms with Crippen LogP contribution in [0.3, 0.4) is 0 Å². The maximum atomic E-state index is 14.9. The molecule has 0 N–H and O–H groups in total. The molecule has 3 aliphatic rings. The molecule has 44 heavy (non-hydrogen) atoms. The average molecular weight is 602 g/mol. The number of halogens is 1. The van der Waals surface area contributed by atoms with Gasteiger partial charge in [-0.15, -0.1) is 0 Å². The number of ketones is 1. The molecular formula is C32H32FN5O6. The van der Waals surface area contributed by atoms with Crippen molar-refractivity contribution in [3.8, 4) is 5.75 Å². The second-order valence-electron chi connectivity index (χ2n) is 10.9. The van der Waals surface area contributed by atoms with Gasteiger partial charge in [0.05, 0.1) is 17.7 Å². The van der Waals surface area contributed by atoms with Crippen molar-refractivity contribution in [1.82, 2.24) is 19.7 Å². The lowest BCUT2D eigenvalue weighted by atomic mass is 10.1. The van der Waals surface area contributed by atoms with Crippen molar-refractivity contribution < 1.29 is 33.1 Å². The number of hydrogen-bond acceptors (Lipinski definition) is 8. The Balaban J connectivity index is 1.05. The predicted molar refractivity (Wildman–Crippen MR) is 156 cm³/mol. The van der Waals surface area contributed by atoms with Gasteiger partial charge in [0.1, 0.15) is 18.5 Å². The fourth-order valence-corrected chi connectivity index (χ4v) is 5.75. The smallest absolute Gasteiger partial charge is 0.410 e. The molecule has 6 rings (SSSR count). The number of fused-ring (bicyclic) bond motifs is 1. The number of hydroxylamine groups is 1. The third-order valence-corrected chi connectivity index (χ3v) is 8.11. The fraction of sp³-hybridized carbons (Fsp3) is 0.344. The van der Waals surface area contributed by atoms with E-state index in [4.69, 9.17) is 9.57 Å². The summed E-state index contributed by atoms with van der Waals surface area (Å²) in [5.41, 5.74) is 1.15. The van der Waals surface area contributed by atoms with Crippen LogP contribution in [-0.4, -0.2) is 88.7 Å². The van der Waals surface area contributed by atoms with E-state index >= 15 is 0 Å². The Labute approximate surface area is 253 Å². The molecule has 3 aromatic rings.